The van der Waals surface area contributed by atoms with E-state index in [0.29, 0.717) is 5.56 Å². The van der Waals surface area contributed by atoms with Crippen molar-refractivity contribution in [2.24, 2.45) is 11.7 Å². The highest BCUT2D eigenvalue weighted by molar-refractivity contribution is 5.33. The second kappa shape index (κ2) is 5.51. The number of rotatable bonds is 3. The average Bonchev–Trinajstić information content (AvgIpc) is 2.76. The van der Waals surface area contributed by atoms with Gasteiger partial charge < -0.3 is 10.6 Å². The van der Waals surface area contributed by atoms with E-state index in [0.717, 1.165) is 25.6 Å². The second-order valence-corrected chi connectivity index (χ2v) is 5.24. The van der Waals surface area contributed by atoms with E-state index in [1.165, 1.54) is 6.07 Å². The quantitative estimate of drug-likeness (QED) is 0.916. The molecule has 2 nitrogen and oxygen atoms in total. The number of alkyl halides is 3. The van der Waals surface area contributed by atoms with Crippen molar-refractivity contribution in [1.82, 2.24) is 4.90 Å². The fourth-order valence-electron chi connectivity index (χ4n) is 2.95. The summed E-state index contributed by atoms with van der Waals surface area (Å²) in [6.45, 7) is 2.00. The molecule has 0 saturated carbocycles. The predicted molar refractivity (Wildman–Crippen MR) is 68.8 cm³/mol. The molecule has 0 radical (unpaired) electrons. The largest absolute Gasteiger partial charge is 0.416 e. The van der Waals surface area contributed by atoms with E-state index in [4.69, 9.17) is 5.73 Å². The van der Waals surface area contributed by atoms with Gasteiger partial charge in [-0.1, -0.05) is 18.2 Å². The van der Waals surface area contributed by atoms with Gasteiger partial charge in [-0.25, -0.2) is 0 Å². The predicted octanol–water partition coefficient (Wildman–Crippen LogP) is 2.70. The van der Waals surface area contributed by atoms with E-state index in [1.807, 2.05) is 7.05 Å². The standard InChI is InChI=1S/C14H19F3N2/c1-19-7-6-10(9-19)12(8-18)11-4-2-3-5-13(11)14(15,16)17/h2-5,10,12H,6-9,18H2,1H3. The first-order valence-electron chi connectivity index (χ1n) is 6.48. The molecule has 1 aromatic rings. The van der Waals surface area contributed by atoms with E-state index in [9.17, 15) is 13.2 Å². The van der Waals surface area contributed by atoms with Gasteiger partial charge in [-0.3, -0.25) is 0 Å². The van der Waals surface area contributed by atoms with Gasteiger partial charge in [0.1, 0.15) is 0 Å². The maximum Gasteiger partial charge on any atom is 0.416 e. The van der Waals surface area contributed by atoms with E-state index >= 15 is 0 Å². The molecule has 2 unspecified atom stereocenters. The lowest BCUT2D eigenvalue weighted by molar-refractivity contribution is -0.138. The van der Waals surface area contributed by atoms with Crippen LogP contribution >= 0.6 is 0 Å². The van der Waals surface area contributed by atoms with E-state index < -0.39 is 11.7 Å². The van der Waals surface area contributed by atoms with Crippen LogP contribution in [-0.4, -0.2) is 31.6 Å². The summed E-state index contributed by atoms with van der Waals surface area (Å²) >= 11 is 0. The number of hydrogen-bond donors (Lipinski definition) is 1. The molecule has 0 bridgehead atoms. The molecule has 1 aromatic carbocycles. The lowest BCUT2D eigenvalue weighted by atomic mass is 9.83. The molecule has 1 aliphatic rings. The van der Waals surface area contributed by atoms with Crippen LogP contribution in [0.3, 0.4) is 0 Å². The highest BCUT2D eigenvalue weighted by Gasteiger charge is 2.37. The number of nitrogens with zero attached hydrogens (tertiary/aromatic N) is 1. The Kier molecular flexibility index (Phi) is 4.16. The summed E-state index contributed by atoms with van der Waals surface area (Å²) in [5.41, 5.74) is 5.56. The smallest absolute Gasteiger partial charge is 0.330 e. The first-order valence-corrected chi connectivity index (χ1v) is 6.48. The van der Waals surface area contributed by atoms with Crippen LogP contribution in [0, 0.1) is 5.92 Å². The highest BCUT2D eigenvalue weighted by Crippen LogP contribution is 2.39. The maximum atomic E-state index is 13.1. The van der Waals surface area contributed by atoms with E-state index in [2.05, 4.69) is 4.90 Å². The lowest BCUT2D eigenvalue weighted by Crippen LogP contribution is -2.26. The molecule has 19 heavy (non-hydrogen) atoms. The van der Waals surface area contributed by atoms with Crippen molar-refractivity contribution in [2.45, 2.75) is 18.5 Å². The Morgan fingerprint density at radius 1 is 1.37 bits per heavy atom. The number of likely N-dealkylation sites (tertiary alicyclic amines) is 1. The minimum atomic E-state index is -4.31. The molecular weight excluding hydrogens is 253 g/mol. The molecule has 2 rings (SSSR count). The van der Waals surface area contributed by atoms with Gasteiger partial charge in [0.05, 0.1) is 5.56 Å². The Labute approximate surface area is 111 Å². The van der Waals surface area contributed by atoms with Crippen molar-refractivity contribution in [3.8, 4) is 0 Å². The normalized spacial score (nSPS) is 22.7. The zero-order valence-electron chi connectivity index (χ0n) is 11.0. The fourth-order valence-corrected chi connectivity index (χ4v) is 2.95. The first-order chi connectivity index (χ1) is 8.93. The summed E-state index contributed by atoms with van der Waals surface area (Å²) in [6, 6.07) is 5.81. The molecule has 1 fully saturated rings. The van der Waals surface area contributed by atoms with Gasteiger partial charge in [0, 0.05) is 12.5 Å². The fraction of sp³-hybridized carbons (Fsp3) is 0.571. The molecule has 0 aliphatic carbocycles. The van der Waals surface area contributed by atoms with Gasteiger partial charge in [-0.05, 0) is 44.1 Å². The zero-order valence-corrected chi connectivity index (χ0v) is 11.0. The molecule has 106 valence electrons. The van der Waals surface area contributed by atoms with Crippen LogP contribution in [0.25, 0.3) is 0 Å². The van der Waals surface area contributed by atoms with Crippen LogP contribution in [0.1, 0.15) is 23.5 Å². The number of benzene rings is 1. The highest BCUT2D eigenvalue weighted by atomic mass is 19.4. The third-order valence-electron chi connectivity index (χ3n) is 3.92. The van der Waals surface area contributed by atoms with Gasteiger partial charge in [-0.15, -0.1) is 0 Å². The van der Waals surface area contributed by atoms with Crippen molar-refractivity contribution in [1.29, 1.82) is 0 Å². The van der Waals surface area contributed by atoms with Crippen molar-refractivity contribution in [3.63, 3.8) is 0 Å². The molecule has 0 spiro atoms. The van der Waals surface area contributed by atoms with Crippen molar-refractivity contribution < 1.29 is 13.2 Å². The Morgan fingerprint density at radius 3 is 2.58 bits per heavy atom. The molecular formula is C14H19F3N2. The van der Waals surface area contributed by atoms with Gasteiger partial charge in [0.25, 0.3) is 0 Å². The first kappa shape index (κ1) is 14.3. The third kappa shape index (κ3) is 3.09. The number of nitrogens with two attached hydrogens (primary N) is 1. The minimum absolute atomic E-state index is 0.207. The molecule has 0 amide bonds. The summed E-state index contributed by atoms with van der Waals surface area (Å²) in [4.78, 5) is 2.14. The van der Waals surface area contributed by atoms with Crippen molar-refractivity contribution in [2.75, 3.05) is 26.7 Å². The van der Waals surface area contributed by atoms with Crippen LogP contribution in [0.2, 0.25) is 0 Å². The molecule has 1 heterocycles. The third-order valence-corrected chi connectivity index (χ3v) is 3.92. The second-order valence-electron chi connectivity index (χ2n) is 5.24. The molecule has 0 aromatic heterocycles. The summed E-state index contributed by atoms with van der Waals surface area (Å²) in [5, 5.41) is 0. The van der Waals surface area contributed by atoms with Gasteiger partial charge >= 0.3 is 6.18 Å². The molecule has 2 N–H and O–H groups in total. The Bertz CT molecular complexity index is 431. The Hall–Kier alpha value is -1.07. The lowest BCUT2D eigenvalue weighted by Gasteiger charge is -2.25. The van der Waals surface area contributed by atoms with E-state index in [-0.39, 0.29) is 18.4 Å². The zero-order chi connectivity index (χ0) is 14.0. The van der Waals surface area contributed by atoms with Crippen molar-refractivity contribution >= 4 is 0 Å². The molecule has 5 heteroatoms. The number of hydrogen-bond acceptors (Lipinski definition) is 2. The van der Waals surface area contributed by atoms with Crippen LogP contribution in [-0.2, 0) is 6.18 Å². The minimum Gasteiger partial charge on any atom is -0.330 e. The summed E-state index contributed by atoms with van der Waals surface area (Å²) in [5.74, 6) is -0.0127. The van der Waals surface area contributed by atoms with Gasteiger partial charge in [-0.2, -0.15) is 13.2 Å². The molecule has 2 atom stereocenters. The Balaban J connectivity index is 2.33. The van der Waals surface area contributed by atoms with Gasteiger partial charge in [0.2, 0.25) is 0 Å². The summed E-state index contributed by atoms with van der Waals surface area (Å²) in [7, 11) is 1.99. The average molecular weight is 272 g/mol. The maximum absolute atomic E-state index is 13.1. The Morgan fingerprint density at radius 2 is 2.05 bits per heavy atom. The summed E-state index contributed by atoms with van der Waals surface area (Å²) in [6.07, 6.45) is -3.40. The number of halogens is 3. The van der Waals surface area contributed by atoms with Crippen LogP contribution in [0.4, 0.5) is 13.2 Å². The SMILES string of the molecule is CN1CCC(C(CN)c2ccccc2C(F)(F)F)C1. The van der Waals surface area contributed by atoms with Gasteiger partial charge in [0.15, 0.2) is 0 Å². The van der Waals surface area contributed by atoms with Crippen LogP contribution < -0.4 is 5.73 Å². The van der Waals surface area contributed by atoms with Crippen molar-refractivity contribution in [3.05, 3.63) is 35.4 Å². The van der Waals surface area contributed by atoms with E-state index in [1.54, 1.807) is 12.1 Å². The van der Waals surface area contributed by atoms with Crippen LogP contribution in [0.5, 0.6) is 0 Å². The topological polar surface area (TPSA) is 29.3 Å². The molecule has 1 saturated heterocycles. The molecule has 1 aliphatic heterocycles. The summed E-state index contributed by atoms with van der Waals surface area (Å²) < 4.78 is 39.2. The monoisotopic (exact) mass is 272 g/mol. The van der Waals surface area contributed by atoms with Crippen LogP contribution in [0.15, 0.2) is 24.3 Å².